The van der Waals surface area contributed by atoms with Crippen molar-refractivity contribution in [2.24, 2.45) is 0 Å². The summed E-state index contributed by atoms with van der Waals surface area (Å²) in [7, 11) is -3.36. The molecule has 1 saturated heterocycles. The van der Waals surface area contributed by atoms with Crippen molar-refractivity contribution in [2.75, 3.05) is 30.7 Å². The normalized spacial score (nSPS) is 15.4. The smallest absolute Gasteiger partial charge is 0.272 e. The van der Waals surface area contributed by atoms with Gasteiger partial charge >= 0.3 is 0 Å². The van der Waals surface area contributed by atoms with E-state index in [4.69, 9.17) is 11.6 Å². The Morgan fingerprint density at radius 2 is 1.84 bits per heavy atom. The Morgan fingerprint density at radius 1 is 1.12 bits per heavy atom. The quantitative estimate of drug-likeness (QED) is 0.574. The zero-order valence-corrected chi connectivity index (χ0v) is 16.1. The maximum atomic E-state index is 12.5. The molecule has 2 N–H and O–H groups in total. The Morgan fingerprint density at radius 3 is 2.48 bits per heavy atom. The summed E-state index contributed by atoms with van der Waals surface area (Å²) in [5.41, 5.74) is 0. The molecule has 25 heavy (non-hydrogen) atoms. The molecule has 0 amide bonds. The summed E-state index contributed by atoms with van der Waals surface area (Å²) in [5.74, 6) is 1.70. The largest absolute Gasteiger partial charge is 0.274 e. The Labute approximate surface area is 157 Å². The molecule has 1 aromatic carbocycles. The van der Waals surface area contributed by atoms with E-state index in [0.29, 0.717) is 18.0 Å². The predicted octanol–water partition coefficient (Wildman–Crippen LogP) is 3.14. The highest BCUT2D eigenvalue weighted by Crippen LogP contribution is 2.21. The molecule has 2 aromatic rings. The summed E-state index contributed by atoms with van der Waals surface area (Å²) < 4.78 is 26.5. The molecule has 2 heterocycles. The van der Waals surface area contributed by atoms with E-state index in [1.165, 1.54) is 4.90 Å². The van der Waals surface area contributed by atoms with Gasteiger partial charge in [-0.25, -0.2) is 13.4 Å². The second-order valence-corrected chi connectivity index (χ2v) is 9.32. The van der Waals surface area contributed by atoms with E-state index in [2.05, 4.69) is 10.3 Å². The van der Waals surface area contributed by atoms with E-state index < -0.39 is 10.0 Å². The van der Waals surface area contributed by atoms with Crippen LogP contribution in [0.4, 0.5) is 5.82 Å². The third-order valence-electron chi connectivity index (χ3n) is 3.99. The van der Waals surface area contributed by atoms with Crippen molar-refractivity contribution in [1.82, 2.24) is 4.31 Å². The van der Waals surface area contributed by atoms with Gasteiger partial charge in [0.1, 0.15) is 11.1 Å². The maximum absolute atomic E-state index is 12.5. The monoisotopic (exact) mass is 398 g/mol. The van der Waals surface area contributed by atoms with Crippen molar-refractivity contribution >= 4 is 39.2 Å². The van der Waals surface area contributed by atoms with Gasteiger partial charge in [0.25, 0.3) is 5.82 Å². The van der Waals surface area contributed by atoms with Crippen LogP contribution >= 0.6 is 23.4 Å². The predicted molar refractivity (Wildman–Crippen MR) is 102 cm³/mol. The summed E-state index contributed by atoms with van der Waals surface area (Å²) >= 11 is 7.60. The van der Waals surface area contributed by atoms with Gasteiger partial charge in [0.15, 0.2) is 0 Å². The van der Waals surface area contributed by atoms with Crippen LogP contribution in [0.2, 0.25) is 5.02 Å². The van der Waals surface area contributed by atoms with E-state index in [-0.39, 0.29) is 0 Å². The summed E-state index contributed by atoms with van der Waals surface area (Å²) in [6, 6.07) is 11.2. The number of anilines is 1. The fourth-order valence-electron chi connectivity index (χ4n) is 2.64. The number of H-pyrrole nitrogens is 1. The summed E-state index contributed by atoms with van der Waals surface area (Å²) in [5, 5.41) is 4.00. The van der Waals surface area contributed by atoms with E-state index in [0.717, 1.165) is 36.0 Å². The average Bonchev–Trinajstić information content (AvgIpc) is 3.16. The van der Waals surface area contributed by atoms with Gasteiger partial charge in [-0.05, 0) is 43.2 Å². The van der Waals surface area contributed by atoms with Crippen molar-refractivity contribution in [2.45, 2.75) is 22.6 Å². The van der Waals surface area contributed by atoms with Crippen molar-refractivity contribution in [3.63, 3.8) is 0 Å². The van der Waals surface area contributed by atoms with Crippen LogP contribution in [0.3, 0.4) is 0 Å². The lowest BCUT2D eigenvalue weighted by Crippen LogP contribution is -2.29. The number of nitrogens with zero attached hydrogens (tertiary/aromatic N) is 1. The van der Waals surface area contributed by atoms with Gasteiger partial charge in [-0.2, -0.15) is 4.31 Å². The number of aromatic nitrogens is 1. The number of sulfonamides is 1. The molecule has 0 spiro atoms. The number of pyridine rings is 1. The Balaban J connectivity index is 1.50. The lowest BCUT2D eigenvalue weighted by Gasteiger charge is -2.14. The number of thioether (sulfide) groups is 1. The third kappa shape index (κ3) is 4.88. The third-order valence-corrected chi connectivity index (χ3v) is 7.15. The molecule has 1 aromatic heterocycles. The standard InChI is InChI=1S/C17H20ClN3O2S2/c18-14-3-5-15(6-4-14)24-12-9-19-17-8-7-16(13-20-17)25(22,23)21-10-1-2-11-21/h3-8,13H,1-2,9-12H2,(H,19,20)/p+1. The van der Waals surface area contributed by atoms with Crippen LogP contribution in [0.25, 0.3) is 0 Å². The number of hydrogen-bond donors (Lipinski definition) is 1. The van der Waals surface area contributed by atoms with Crippen LogP contribution in [0, 0.1) is 0 Å². The van der Waals surface area contributed by atoms with E-state index in [9.17, 15) is 8.42 Å². The Kier molecular flexibility index (Phi) is 6.22. The SMILES string of the molecule is O=S(=O)(c1ccc(NCCSc2ccc(Cl)cc2)[nH+]c1)N1CCCC1. The number of hydrogen-bond acceptors (Lipinski definition) is 4. The van der Waals surface area contributed by atoms with Crippen molar-refractivity contribution in [1.29, 1.82) is 0 Å². The molecule has 5 nitrogen and oxygen atoms in total. The highest BCUT2D eigenvalue weighted by atomic mass is 35.5. The number of aromatic amines is 1. The van der Waals surface area contributed by atoms with Gasteiger partial charge in [0.05, 0.1) is 6.54 Å². The molecule has 134 valence electrons. The van der Waals surface area contributed by atoms with Crippen LogP contribution in [-0.2, 0) is 10.0 Å². The Bertz CT molecular complexity index is 790. The van der Waals surface area contributed by atoms with Crippen LogP contribution in [0.5, 0.6) is 0 Å². The second kappa shape index (κ2) is 8.40. The maximum Gasteiger partial charge on any atom is 0.272 e. The molecular weight excluding hydrogens is 378 g/mol. The number of nitrogens with one attached hydrogen (secondary N) is 2. The fraction of sp³-hybridized carbons (Fsp3) is 0.353. The molecule has 0 bridgehead atoms. The lowest BCUT2D eigenvalue weighted by atomic mass is 10.4. The molecule has 1 aliphatic heterocycles. The molecule has 0 atom stereocenters. The topological polar surface area (TPSA) is 63.6 Å². The minimum absolute atomic E-state index is 0.315. The van der Waals surface area contributed by atoms with Gasteiger partial charge in [-0.3, -0.25) is 5.32 Å². The molecule has 8 heteroatoms. The van der Waals surface area contributed by atoms with Crippen LogP contribution < -0.4 is 10.3 Å². The number of benzene rings is 1. The van der Waals surface area contributed by atoms with Gasteiger partial charge in [-0.15, -0.1) is 11.8 Å². The summed E-state index contributed by atoms with van der Waals surface area (Å²) in [6.07, 6.45) is 3.43. The lowest BCUT2D eigenvalue weighted by molar-refractivity contribution is -0.364. The molecule has 0 aliphatic carbocycles. The molecule has 0 unspecified atom stereocenters. The molecule has 0 saturated carbocycles. The fourth-order valence-corrected chi connectivity index (χ4v) is 5.02. The number of halogens is 1. The molecule has 1 fully saturated rings. The van der Waals surface area contributed by atoms with Gasteiger partial charge < -0.3 is 0 Å². The first-order valence-corrected chi connectivity index (χ1v) is 11.0. The molecule has 0 radical (unpaired) electrons. The van der Waals surface area contributed by atoms with Crippen LogP contribution in [0.15, 0.2) is 52.4 Å². The molecular formula is C17H21ClN3O2S2+. The average molecular weight is 399 g/mol. The first-order chi connectivity index (χ1) is 12.1. The highest BCUT2D eigenvalue weighted by Gasteiger charge is 2.27. The molecule has 1 aliphatic rings. The van der Waals surface area contributed by atoms with Crippen LogP contribution in [0.1, 0.15) is 12.8 Å². The van der Waals surface area contributed by atoms with E-state index in [1.54, 1.807) is 34.4 Å². The first-order valence-electron chi connectivity index (χ1n) is 8.20. The highest BCUT2D eigenvalue weighted by molar-refractivity contribution is 7.99. The Hall–Kier alpha value is -1.28. The van der Waals surface area contributed by atoms with E-state index >= 15 is 0 Å². The second-order valence-electron chi connectivity index (χ2n) is 5.78. The van der Waals surface area contributed by atoms with Crippen molar-refractivity contribution < 1.29 is 13.4 Å². The zero-order chi connectivity index (χ0) is 17.7. The summed E-state index contributed by atoms with van der Waals surface area (Å²) in [4.78, 5) is 4.51. The van der Waals surface area contributed by atoms with Crippen LogP contribution in [-0.4, -0.2) is 38.1 Å². The summed E-state index contributed by atoms with van der Waals surface area (Å²) in [6.45, 7) is 2.00. The minimum Gasteiger partial charge on any atom is -0.274 e. The minimum atomic E-state index is -3.36. The van der Waals surface area contributed by atoms with Gasteiger partial charge in [0.2, 0.25) is 10.0 Å². The van der Waals surface area contributed by atoms with Gasteiger partial charge in [-0.1, -0.05) is 11.6 Å². The van der Waals surface area contributed by atoms with E-state index in [1.807, 2.05) is 24.3 Å². The first kappa shape index (κ1) is 18.5. The number of rotatable bonds is 7. The van der Waals surface area contributed by atoms with Crippen molar-refractivity contribution in [3.05, 3.63) is 47.6 Å². The van der Waals surface area contributed by atoms with Gasteiger partial charge in [0, 0.05) is 34.8 Å². The zero-order valence-electron chi connectivity index (χ0n) is 13.7. The molecule has 3 rings (SSSR count). The van der Waals surface area contributed by atoms with Crippen molar-refractivity contribution in [3.8, 4) is 0 Å².